The van der Waals surface area contributed by atoms with E-state index in [0.717, 1.165) is 8.95 Å². The first kappa shape index (κ1) is 14.2. The number of thiophene rings is 1. The lowest BCUT2D eigenvalue weighted by molar-refractivity contribution is 0.102. The van der Waals surface area contributed by atoms with Crippen molar-refractivity contribution in [2.24, 2.45) is 0 Å². The largest absolute Gasteiger partial charge is 0.320 e. The van der Waals surface area contributed by atoms with E-state index in [1.54, 1.807) is 11.4 Å². The predicted molar refractivity (Wildman–Crippen MR) is 84.1 cm³/mol. The number of halogens is 4. The Morgan fingerprint density at radius 2 is 2.17 bits per heavy atom. The maximum absolute atomic E-state index is 13.0. The Kier molecular flexibility index (Phi) is 4.63. The Morgan fingerprint density at radius 3 is 2.72 bits per heavy atom. The van der Waals surface area contributed by atoms with Crippen molar-refractivity contribution in [1.82, 2.24) is 0 Å². The van der Waals surface area contributed by atoms with Crippen molar-refractivity contribution >= 4 is 73.1 Å². The highest BCUT2D eigenvalue weighted by atomic mass is 127. The molecule has 0 bridgehead atoms. The molecule has 0 aliphatic carbocycles. The van der Waals surface area contributed by atoms with Crippen molar-refractivity contribution in [3.63, 3.8) is 0 Å². The molecule has 0 saturated heterocycles. The molecule has 1 aromatic carbocycles. The molecule has 2 nitrogen and oxygen atoms in total. The molecule has 0 aliphatic heterocycles. The normalized spacial score (nSPS) is 10.4. The first-order valence-electron chi connectivity index (χ1n) is 4.67. The maximum Gasteiger partial charge on any atom is 0.256 e. The highest BCUT2D eigenvalue weighted by molar-refractivity contribution is 14.1. The predicted octanol–water partition coefficient (Wildman–Crippen LogP) is 5.16. The van der Waals surface area contributed by atoms with E-state index in [2.05, 4.69) is 43.8 Å². The second-order valence-corrected chi connectivity index (χ2v) is 7.41. The molecule has 1 heterocycles. The fourth-order valence-corrected chi connectivity index (χ4v) is 3.50. The number of carbonyl (C=O) groups is 1. The molecule has 18 heavy (non-hydrogen) atoms. The molecule has 94 valence electrons. The van der Waals surface area contributed by atoms with Crippen LogP contribution in [0.2, 0.25) is 5.02 Å². The third-order valence-electron chi connectivity index (χ3n) is 2.08. The van der Waals surface area contributed by atoms with E-state index >= 15 is 0 Å². The number of nitrogens with one attached hydrogen (secondary N) is 1. The Labute approximate surface area is 134 Å². The topological polar surface area (TPSA) is 29.1 Å². The van der Waals surface area contributed by atoms with Crippen LogP contribution < -0.4 is 5.32 Å². The van der Waals surface area contributed by atoms with Gasteiger partial charge in [0.1, 0.15) is 5.82 Å². The van der Waals surface area contributed by atoms with Crippen LogP contribution in [0.3, 0.4) is 0 Å². The maximum atomic E-state index is 13.0. The van der Waals surface area contributed by atoms with E-state index < -0.39 is 5.82 Å². The Bertz CT molecular complexity index is 596. The average Bonchev–Trinajstić information content (AvgIpc) is 2.70. The Hall–Kier alpha value is -0.180. The molecular formula is C11H5BrClFINOS. The van der Waals surface area contributed by atoms with Crippen LogP contribution in [0.15, 0.2) is 28.1 Å². The molecule has 0 fully saturated rings. The van der Waals surface area contributed by atoms with Crippen molar-refractivity contribution in [3.05, 3.63) is 47.3 Å². The molecule has 0 spiro atoms. The summed E-state index contributed by atoms with van der Waals surface area (Å²) in [7, 11) is 0. The zero-order chi connectivity index (χ0) is 13.3. The van der Waals surface area contributed by atoms with Crippen LogP contribution in [0, 0.1) is 8.70 Å². The van der Waals surface area contributed by atoms with Gasteiger partial charge in [-0.05, 0) is 56.7 Å². The zero-order valence-corrected chi connectivity index (χ0v) is 14.0. The first-order valence-corrected chi connectivity index (χ1v) is 7.80. The van der Waals surface area contributed by atoms with Gasteiger partial charge in [0.15, 0.2) is 0 Å². The van der Waals surface area contributed by atoms with Gasteiger partial charge in [-0.15, -0.1) is 11.3 Å². The average molecular weight is 460 g/mol. The summed E-state index contributed by atoms with van der Waals surface area (Å²) in [5.74, 6) is -0.738. The van der Waals surface area contributed by atoms with Crippen molar-refractivity contribution < 1.29 is 9.18 Å². The summed E-state index contributed by atoms with van der Waals surface area (Å²) in [6.07, 6.45) is 0. The second kappa shape index (κ2) is 5.85. The van der Waals surface area contributed by atoms with Gasteiger partial charge < -0.3 is 5.32 Å². The van der Waals surface area contributed by atoms with E-state index in [1.807, 2.05) is 0 Å². The molecule has 0 aliphatic rings. The highest BCUT2D eigenvalue weighted by Crippen LogP contribution is 2.32. The van der Waals surface area contributed by atoms with Gasteiger partial charge in [-0.2, -0.15) is 0 Å². The molecule has 0 saturated carbocycles. The molecule has 0 atom stereocenters. The van der Waals surface area contributed by atoms with Gasteiger partial charge in [0.05, 0.1) is 19.2 Å². The number of carbonyl (C=O) groups excluding carboxylic acids is 1. The summed E-state index contributed by atoms with van der Waals surface area (Å²) < 4.78 is 14.5. The lowest BCUT2D eigenvalue weighted by Gasteiger charge is -2.08. The second-order valence-electron chi connectivity index (χ2n) is 3.34. The smallest absolute Gasteiger partial charge is 0.256 e. The van der Waals surface area contributed by atoms with E-state index in [1.165, 1.54) is 17.4 Å². The molecule has 2 rings (SSSR count). The van der Waals surface area contributed by atoms with Crippen LogP contribution in [0.4, 0.5) is 10.1 Å². The zero-order valence-electron chi connectivity index (χ0n) is 8.64. The monoisotopic (exact) mass is 459 g/mol. The number of rotatable bonds is 2. The van der Waals surface area contributed by atoms with Crippen LogP contribution in [-0.2, 0) is 0 Å². The van der Waals surface area contributed by atoms with Gasteiger partial charge in [-0.25, -0.2) is 4.39 Å². The number of benzene rings is 1. The number of amides is 1. The van der Waals surface area contributed by atoms with Crippen LogP contribution in [0.5, 0.6) is 0 Å². The summed E-state index contributed by atoms with van der Waals surface area (Å²) in [4.78, 5) is 11.9. The molecule has 1 N–H and O–H groups in total. The number of anilines is 1. The molecule has 2 aromatic rings. The van der Waals surface area contributed by atoms with E-state index in [9.17, 15) is 9.18 Å². The quantitative estimate of drug-likeness (QED) is 0.617. The van der Waals surface area contributed by atoms with E-state index in [0.29, 0.717) is 15.7 Å². The minimum Gasteiger partial charge on any atom is -0.320 e. The molecule has 7 heteroatoms. The summed E-state index contributed by atoms with van der Waals surface area (Å²) >= 11 is 12.7. The SMILES string of the molecule is O=C(Nc1c(Cl)cc(F)cc1Br)c1csc(I)c1. The number of hydrogen-bond donors (Lipinski definition) is 1. The molecular weight excluding hydrogens is 455 g/mol. The first-order chi connectivity index (χ1) is 8.47. The molecule has 0 radical (unpaired) electrons. The van der Waals surface area contributed by atoms with Crippen LogP contribution >= 0.6 is 61.5 Å². The van der Waals surface area contributed by atoms with Gasteiger partial charge in [-0.3, -0.25) is 4.79 Å². The summed E-state index contributed by atoms with van der Waals surface area (Å²) in [5, 5.41) is 4.56. The number of hydrogen-bond acceptors (Lipinski definition) is 2. The van der Waals surface area contributed by atoms with Gasteiger partial charge in [0.2, 0.25) is 0 Å². The van der Waals surface area contributed by atoms with Crippen LogP contribution in [-0.4, -0.2) is 5.91 Å². The third-order valence-corrected chi connectivity index (χ3v) is 4.79. The lowest BCUT2D eigenvalue weighted by atomic mass is 10.2. The Balaban J connectivity index is 2.27. The van der Waals surface area contributed by atoms with Gasteiger partial charge in [0, 0.05) is 9.85 Å². The summed E-state index contributed by atoms with van der Waals surface area (Å²) in [6.45, 7) is 0. The summed E-state index contributed by atoms with van der Waals surface area (Å²) in [5.41, 5.74) is 0.918. The van der Waals surface area contributed by atoms with Gasteiger partial charge in [-0.1, -0.05) is 11.6 Å². The minimum atomic E-state index is -0.463. The highest BCUT2D eigenvalue weighted by Gasteiger charge is 2.13. The van der Waals surface area contributed by atoms with E-state index in [-0.39, 0.29) is 10.9 Å². The molecule has 1 aromatic heterocycles. The minimum absolute atomic E-state index is 0.153. The van der Waals surface area contributed by atoms with Crippen molar-refractivity contribution in [3.8, 4) is 0 Å². The fourth-order valence-electron chi connectivity index (χ4n) is 1.28. The molecule has 0 unspecified atom stereocenters. The van der Waals surface area contributed by atoms with Crippen LogP contribution in [0.25, 0.3) is 0 Å². The molecule has 1 amide bonds. The fraction of sp³-hybridized carbons (Fsp3) is 0. The van der Waals surface area contributed by atoms with E-state index in [4.69, 9.17) is 11.6 Å². The van der Waals surface area contributed by atoms with Gasteiger partial charge >= 0.3 is 0 Å². The van der Waals surface area contributed by atoms with Gasteiger partial charge in [0.25, 0.3) is 5.91 Å². The van der Waals surface area contributed by atoms with Crippen molar-refractivity contribution in [2.75, 3.05) is 5.32 Å². The Morgan fingerprint density at radius 1 is 1.44 bits per heavy atom. The van der Waals surface area contributed by atoms with Crippen molar-refractivity contribution in [1.29, 1.82) is 0 Å². The van der Waals surface area contributed by atoms with Crippen LogP contribution in [0.1, 0.15) is 10.4 Å². The van der Waals surface area contributed by atoms with Crippen molar-refractivity contribution in [2.45, 2.75) is 0 Å². The summed E-state index contributed by atoms with van der Waals surface area (Å²) in [6, 6.07) is 4.17. The standard InChI is InChI=1S/C11H5BrClFINOS/c12-7-2-6(14)3-8(13)10(7)16-11(17)5-1-9(15)18-4-5/h1-4H,(H,16,17). The lowest BCUT2D eigenvalue weighted by Crippen LogP contribution is -2.11. The third kappa shape index (κ3) is 3.23.